The van der Waals surface area contributed by atoms with Gasteiger partial charge in [0, 0.05) is 19.3 Å². The van der Waals surface area contributed by atoms with E-state index < -0.39 is 29.7 Å². The highest BCUT2D eigenvalue weighted by Gasteiger charge is 2.20. The van der Waals surface area contributed by atoms with E-state index in [9.17, 15) is 23.5 Å². The molecule has 0 spiro atoms. The minimum absolute atomic E-state index is 0.150. The highest BCUT2D eigenvalue weighted by atomic mass is 19.2. The number of carbonyl (C=O) groups excluding carboxylic acids is 1. The molecule has 2 rings (SSSR count). The smallest absolute Gasteiger partial charge is 0.253 e. The first-order valence-corrected chi connectivity index (χ1v) is 6.90. The van der Waals surface area contributed by atoms with Crippen molar-refractivity contribution >= 4 is 5.91 Å². The van der Waals surface area contributed by atoms with Gasteiger partial charge in [0.05, 0.1) is 17.7 Å². The fraction of sp³-hybridized carbons (Fsp3) is 0.250. The predicted molar refractivity (Wildman–Crippen MR) is 79.9 cm³/mol. The van der Waals surface area contributed by atoms with Crippen LogP contribution in [0.15, 0.2) is 41.3 Å². The lowest BCUT2D eigenvalue weighted by Gasteiger charge is -2.21. The molecule has 2 atom stereocenters. The number of aromatic nitrogens is 1. The van der Waals surface area contributed by atoms with Gasteiger partial charge in [-0.05, 0) is 30.7 Å². The second kappa shape index (κ2) is 6.70. The maximum Gasteiger partial charge on any atom is 0.253 e. The molecule has 2 aromatic rings. The Hall–Kier alpha value is -2.54. The zero-order chi connectivity index (χ0) is 17.1. The van der Waals surface area contributed by atoms with Crippen molar-refractivity contribution in [2.24, 2.45) is 7.05 Å². The number of aryl methyl sites for hydroxylation is 1. The number of aliphatic hydroxyl groups excluding tert-OH is 1. The fourth-order valence-electron chi connectivity index (χ4n) is 2.08. The Kier molecular flexibility index (Phi) is 4.90. The zero-order valence-corrected chi connectivity index (χ0v) is 12.6. The summed E-state index contributed by atoms with van der Waals surface area (Å²) in [6.07, 6.45) is 0.163. The van der Waals surface area contributed by atoms with E-state index in [0.717, 1.165) is 12.1 Å². The lowest BCUT2D eigenvalue weighted by molar-refractivity contribution is 0.0850. The summed E-state index contributed by atoms with van der Waals surface area (Å²) in [6.45, 7) is 1.53. The van der Waals surface area contributed by atoms with Gasteiger partial charge in [0.2, 0.25) is 5.56 Å². The first kappa shape index (κ1) is 16.8. The first-order valence-electron chi connectivity index (χ1n) is 6.90. The number of carbonyl (C=O) groups is 1. The SMILES string of the molecule is CC(NC(=O)c1ccc(=O)n(C)c1)C(O)c1ccc(F)c(F)c1. The Morgan fingerprint density at radius 1 is 1.22 bits per heavy atom. The molecule has 0 fully saturated rings. The fourth-order valence-corrected chi connectivity index (χ4v) is 2.08. The Bertz CT molecular complexity index is 789. The van der Waals surface area contributed by atoms with Crippen molar-refractivity contribution in [1.82, 2.24) is 9.88 Å². The molecule has 0 radical (unpaired) electrons. The number of nitrogens with zero attached hydrogens (tertiary/aromatic N) is 1. The summed E-state index contributed by atoms with van der Waals surface area (Å²) < 4.78 is 27.4. The highest BCUT2D eigenvalue weighted by Crippen LogP contribution is 2.19. The van der Waals surface area contributed by atoms with Gasteiger partial charge in [0.25, 0.3) is 5.91 Å². The zero-order valence-electron chi connectivity index (χ0n) is 12.6. The lowest BCUT2D eigenvalue weighted by Crippen LogP contribution is -2.37. The van der Waals surface area contributed by atoms with Crippen LogP contribution in [-0.2, 0) is 7.05 Å². The van der Waals surface area contributed by atoms with Gasteiger partial charge in [-0.1, -0.05) is 6.07 Å². The number of halogens is 2. The van der Waals surface area contributed by atoms with Crippen molar-refractivity contribution in [1.29, 1.82) is 0 Å². The van der Waals surface area contributed by atoms with Crippen molar-refractivity contribution < 1.29 is 18.7 Å². The van der Waals surface area contributed by atoms with Crippen molar-refractivity contribution in [3.63, 3.8) is 0 Å². The molecule has 2 unspecified atom stereocenters. The second-order valence-electron chi connectivity index (χ2n) is 5.25. The van der Waals surface area contributed by atoms with Crippen molar-refractivity contribution in [2.45, 2.75) is 19.1 Å². The number of nitrogens with one attached hydrogen (secondary N) is 1. The predicted octanol–water partition coefficient (Wildman–Crippen LogP) is 1.52. The van der Waals surface area contributed by atoms with Crippen LogP contribution >= 0.6 is 0 Å². The standard InChI is InChI=1S/C16H16F2N2O3/c1-9(15(22)10-3-5-12(17)13(18)7-10)19-16(23)11-4-6-14(21)20(2)8-11/h3-9,15,22H,1-2H3,(H,19,23). The van der Waals surface area contributed by atoms with Crippen LogP contribution in [0.4, 0.5) is 8.78 Å². The maximum atomic E-state index is 13.2. The summed E-state index contributed by atoms with van der Waals surface area (Å²) in [7, 11) is 1.51. The minimum Gasteiger partial charge on any atom is -0.386 e. The molecule has 23 heavy (non-hydrogen) atoms. The molecule has 0 saturated heterocycles. The van der Waals surface area contributed by atoms with E-state index in [1.807, 2.05) is 0 Å². The minimum atomic E-state index is -1.21. The molecule has 1 amide bonds. The number of hydrogen-bond donors (Lipinski definition) is 2. The number of benzene rings is 1. The summed E-state index contributed by atoms with van der Waals surface area (Å²) in [6, 6.07) is 4.92. The largest absolute Gasteiger partial charge is 0.386 e. The summed E-state index contributed by atoms with van der Waals surface area (Å²) in [5.74, 6) is -2.57. The molecule has 122 valence electrons. The number of pyridine rings is 1. The molecule has 0 aliphatic heterocycles. The van der Waals surface area contributed by atoms with Crippen LogP contribution in [0.2, 0.25) is 0 Å². The molecule has 1 aromatic carbocycles. The second-order valence-corrected chi connectivity index (χ2v) is 5.25. The third-order valence-corrected chi connectivity index (χ3v) is 3.47. The summed E-state index contributed by atoms with van der Waals surface area (Å²) in [4.78, 5) is 23.4. The van der Waals surface area contributed by atoms with Gasteiger partial charge in [-0.3, -0.25) is 9.59 Å². The summed E-state index contributed by atoms with van der Waals surface area (Å²) >= 11 is 0. The Morgan fingerprint density at radius 3 is 2.52 bits per heavy atom. The average Bonchev–Trinajstić information content (AvgIpc) is 2.51. The Balaban J connectivity index is 2.12. The number of hydrogen-bond acceptors (Lipinski definition) is 3. The molecular weight excluding hydrogens is 306 g/mol. The highest BCUT2D eigenvalue weighted by molar-refractivity contribution is 5.94. The molecule has 5 nitrogen and oxygen atoms in total. The number of rotatable bonds is 4. The quantitative estimate of drug-likeness (QED) is 0.896. The van der Waals surface area contributed by atoms with E-state index in [-0.39, 0.29) is 16.7 Å². The van der Waals surface area contributed by atoms with Gasteiger partial charge < -0.3 is 15.0 Å². The van der Waals surface area contributed by atoms with Crippen LogP contribution in [-0.4, -0.2) is 21.6 Å². The van der Waals surface area contributed by atoms with Gasteiger partial charge in [-0.2, -0.15) is 0 Å². The van der Waals surface area contributed by atoms with Crippen molar-refractivity contribution in [3.05, 3.63) is 69.6 Å². The molecule has 7 heteroatoms. The Labute approximate surface area is 131 Å². The van der Waals surface area contributed by atoms with Gasteiger partial charge >= 0.3 is 0 Å². The molecule has 0 aliphatic rings. The van der Waals surface area contributed by atoms with Gasteiger partial charge in [-0.25, -0.2) is 8.78 Å². The number of amides is 1. The molecule has 1 aromatic heterocycles. The van der Waals surface area contributed by atoms with Gasteiger partial charge in [0.1, 0.15) is 0 Å². The topological polar surface area (TPSA) is 71.3 Å². The molecule has 0 aliphatic carbocycles. The van der Waals surface area contributed by atoms with E-state index >= 15 is 0 Å². The van der Waals surface area contributed by atoms with E-state index in [1.54, 1.807) is 0 Å². The van der Waals surface area contributed by atoms with Crippen LogP contribution in [0.3, 0.4) is 0 Å². The molecule has 0 saturated carbocycles. The van der Waals surface area contributed by atoms with E-state index in [1.165, 1.54) is 42.9 Å². The van der Waals surface area contributed by atoms with E-state index in [0.29, 0.717) is 0 Å². The van der Waals surface area contributed by atoms with Crippen molar-refractivity contribution in [2.75, 3.05) is 0 Å². The van der Waals surface area contributed by atoms with Crippen LogP contribution in [0, 0.1) is 11.6 Å². The van der Waals surface area contributed by atoms with E-state index in [2.05, 4.69) is 5.32 Å². The third kappa shape index (κ3) is 3.81. The van der Waals surface area contributed by atoms with Crippen LogP contribution in [0.25, 0.3) is 0 Å². The molecule has 2 N–H and O–H groups in total. The molecular formula is C16H16F2N2O3. The van der Waals surface area contributed by atoms with Crippen molar-refractivity contribution in [3.8, 4) is 0 Å². The van der Waals surface area contributed by atoms with Crippen LogP contribution in [0.5, 0.6) is 0 Å². The van der Waals surface area contributed by atoms with E-state index in [4.69, 9.17) is 0 Å². The average molecular weight is 322 g/mol. The molecule has 1 heterocycles. The number of aliphatic hydroxyl groups is 1. The summed E-state index contributed by atoms with van der Waals surface area (Å²) in [5, 5.41) is 12.7. The van der Waals surface area contributed by atoms with Crippen LogP contribution in [0.1, 0.15) is 28.9 Å². The monoisotopic (exact) mass is 322 g/mol. The van der Waals surface area contributed by atoms with Crippen LogP contribution < -0.4 is 10.9 Å². The van der Waals surface area contributed by atoms with Gasteiger partial charge in [-0.15, -0.1) is 0 Å². The molecule has 0 bridgehead atoms. The lowest BCUT2D eigenvalue weighted by atomic mass is 10.0. The summed E-state index contributed by atoms with van der Waals surface area (Å²) in [5.41, 5.74) is 0.144. The third-order valence-electron chi connectivity index (χ3n) is 3.47. The maximum absolute atomic E-state index is 13.2. The first-order chi connectivity index (χ1) is 10.8. The normalized spacial score (nSPS) is 13.4. The van der Waals surface area contributed by atoms with Gasteiger partial charge in [0.15, 0.2) is 11.6 Å². The Morgan fingerprint density at radius 2 is 1.91 bits per heavy atom.